The first-order chi connectivity index (χ1) is 31.7. The fraction of sp³-hybridized carbons (Fsp3) is 0.0656. The van der Waals surface area contributed by atoms with E-state index in [4.69, 9.17) is 4.98 Å². The van der Waals surface area contributed by atoms with Crippen LogP contribution in [0.5, 0.6) is 0 Å². The molecule has 0 saturated carbocycles. The molecule has 0 fully saturated rings. The zero-order valence-corrected chi connectivity index (χ0v) is 35.7. The van der Waals surface area contributed by atoms with Crippen molar-refractivity contribution in [3.63, 3.8) is 0 Å². The molecule has 0 radical (unpaired) electrons. The summed E-state index contributed by atoms with van der Waals surface area (Å²) >= 11 is 0. The summed E-state index contributed by atoms with van der Waals surface area (Å²) in [5.41, 5.74) is 21.2. The van der Waals surface area contributed by atoms with E-state index in [-0.39, 0.29) is 0 Å². The minimum atomic E-state index is 0.932. The second-order valence-electron chi connectivity index (χ2n) is 16.3. The maximum absolute atomic E-state index is 4.75. The molecule has 0 atom stereocenters. The normalized spacial score (nSPS) is 11.1. The van der Waals surface area contributed by atoms with Crippen molar-refractivity contribution in [1.82, 2.24) is 15.0 Å². The first kappa shape index (κ1) is 40.1. The zero-order chi connectivity index (χ0) is 42.9. The topological polar surface area (TPSA) is 38.7 Å². The van der Waals surface area contributed by atoms with Gasteiger partial charge in [-0.05, 0) is 141 Å². The maximum atomic E-state index is 4.75. The van der Waals surface area contributed by atoms with Crippen molar-refractivity contribution in [3.8, 4) is 78.3 Å². The van der Waals surface area contributed by atoms with Crippen molar-refractivity contribution in [1.29, 1.82) is 0 Å². The summed E-state index contributed by atoms with van der Waals surface area (Å²) < 4.78 is 0. The Bertz CT molecular complexity index is 3000. The van der Waals surface area contributed by atoms with Gasteiger partial charge in [-0.25, -0.2) is 0 Å². The van der Waals surface area contributed by atoms with Crippen molar-refractivity contribution in [2.24, 2.45) is 0 Å². The van der Waals surface area contributed by atoms with E-state index in [0.29, 0.717) is 0 Å². The third-order valence-corrected chi connectivity index (χ3v) is 12.1. The van der Waals surface area contributed by atoms with E-state index in [2.05, 4.69) is 198 Å². The molecule has 7 aromatic carbocycles. The van der Waals surface area contributed by atoms with E-state index in [9.17, 15) is 0 Å². The number of rotatable bonds is 13. The first-order valence-corrected chi connectivity index (χ1v) is 22.1. The molecule has 0 amide bonds. The Morgan fingerprint density at radius 3 is 1.23 bits per heavy atom. The monoisotopic (exact) mass is 821 g/mol. The highest BCUT2D eigenvalue weighted by Crippen LogP contribution is 2.41. The predicted octanol–water partition coefficient (Wildman–Crippen LogP) is 15.1. The second kappa shape index (κ2) is 18.9. The summed E-state index contributed by atoms with van der Waals surface area (Å²) in [7, 11) is 0. The standard InChI is InChI=1S/C61H47N3/c1-2-13-48(14-3-1)51-15-12-16-52(42-51)58-43-53(61-21-8-11-38-64-61)34-35-57(58)56-18-5-4-17-55(56)54-40-46(24-22-44-26-30-49(31-27-44)59-19-6-9-36-62-59)39-47(41-54)25-23-45-28-32-50(33-29-45)60-20-7-10-37-63-60/h1-21,26-43H,22-25H2. The Morgan fingerprint density at radius 2 is 0.672 bits per heavy atom. The maximum Gasteiger partial charge on any atom is 0.0702 e. The fourth-order valence-electron chi connectivity index (χ4n) is 8.71. The molecule has 10 rings (SSSR count). The Hall–Kier alpha value is -8.01. The number of aryl methyl sites for hydroxylation is 4. The number of hydrogen-bond donors (Lipinski definition) is 0. The molecule has 0 spiro atoms. The number of benzene rings is 7. The molecule has 3 aromatic heterocycles. The molecular formula is C61H47N3. The van der Waals surface area contributed by atoms with Crippen molar-refractivity contribution in [2.45, 2.75) is 25.7 Å². The third-order valence-electron chi connectivity index (χ3n) is 12.1. The molecule has 0 saturated heterocycles. The van der Waals surface area contributed by atoms with E-state index < -0.39 is 0 Å². The van der Waals surface area contributed by atoms with Crippen LogP contribution >= 0.6 is 0 Å². The Kier molecular flexibility index (Phi) is 11.9. The molecule has 3 nitrogen and oxygen atoms in total. The number of nitrogens with zero attached hydrogens (tertiary/aromatic N) is 3. The lowest BCUT2D eigenvalue weighted by atomic mass is 9.86. The molecule has 306 valence electrons. The lowest BCUT2D eigenvalue weighted by Crippen LogP contribution is -1.98. The fourth-order valence-corrected chi connectivity index (χ4v) is 8.71. The highest BCUT2D eigenvalue weighted by Gasteiger charge is 2.17. The molecule has 0 aliphatic carbocycles. The average Bonchev–Trinajstić information content (AvgIpc) is 3.38. The molecule has 0 aliphatic rings. The van der Waals surface area contributed by atoms with Gasteiger partial charge in [0.05, 0.1) is 17.1 Å². The van der Waals surface area contributed by atoms with E-state index >= 15 is 0 Å². The van der Waals surface area contributed by atoms with Crippen LogP contribution in [0.1, 0.15) is 22.3 Å². The molecular weight excluding hydrogens is 775 g/mol. The smallest absolute Gasteiger partial charge is 0.0702 e. The van der Waals surface area contributed by atoms with Gasteiger partial charge < -0.3 is 0 Å². The zero-order valence-electron chi connectivity index (χ0n) is 35.7. The third kappa shape index (κ3) is 9.25. The molecule has 0 bridgehead atoms. The van der Waals surface area contributed by atoms with Gasteiger partial charge in [0.2, 0.25) is 0 Å². The van der Waals surface area contributed by atoms with Crippen LogP contribution in [0.3, 0.4) is 0 Å². The van der Waals surface area contributed by atoms with Gasteiger partial charge in [0, 0.05) is 35.3 Å². The van der Waals surface area contributed by atoms with Gasteiger partial charge in [0.25, 0.3) is 0 Å². The van der Waals surface area contributed by atoms with Crippen LogP contribution in [0.15, 0.2) is 237 Å². The van der Waals surface area contributed by atoms with Crippen LogP contribution in [-0.2, 0) is 25.7 Å². The Morgan fingerprint density at radius 1 is 0.219 bits per heavy atom. The van der Waals surface area contributed by atoms with E-state index in [1.54, 1.807) is 0 Å². The van der Waals surface area contributed by atoms with Gasteiger partial charge >= 0.3 is 0 Å². The van der Waals surface area contributed by atoms with Crippen LogP contribution in [-0.4, -0.2) is 15.0 Å². The van der Waals surface area contributed by atoms with Gasteiger partial charge in [-0.3, -0.25) is 15.0 Å². The lowest BCUT2D eigenvalue weighted by molar-refractivity contribution is 0.931. The Labute approximate surface area is 376 Å². The van der Waals surface area contributed by atoms with Gasteiger partial charge in [0.15, 0.2) is 0 Å². The van der Waals surface area contributed by atoms with Crippen molar-refractivity contribution < 1.29 is 0 Å². The average molecular weight is 822 g/mol. The lowest BCUT2D eigenvalue weighted by Gasteiger charge is -2.18. The van der Waals surface area contributed by atoms with E-state index in [0.717, 1.165) is 59.5 Å². The van der Waals surface area contributed by atoms with Crippen molar-refractivity contribution in [2.75, 3.05) is 0 Å². The van der Waals surface area contributed by atoms with E-state index in [1.165, 1.54) is 66.8 Å². The molecule has 0 unspecified atom stereocenters. The molecule has 3 heteroatoms. The minimum Gasteiger partial charge on any atom is -0.256 e. The van der Waals surface area contributed by atoms with Crippen LogP contribution in [0.4, 0.5) is 0 Å². The van der Waals surface area contributed by atoms with Crippen LogP contribution in [0.2, 0.25) is 0 Å². The first-order valence-electron chi connectivity index (χ1n) is 22.1. The van der Waals surface area contributed by atoms with Gasteiger partial charge in [-0.2, -0.15) is 0 Å². The highest BCUT2D eigenvalue weighted by atomic mass is 14.7. The quantitative estimate of drug-likeness (QED) is 0.116. The summed E-state index contributed by atoms with van der Waals surface area (Å²) in [4.78, 5) is 13.9. The minimum absolute atomic E-state index is 0.932. The number of pyridine rings is 3. The number of aromatic nitrogens is 3. The van der Waals surface area contributed by atoms with Crippen LogP contribution in [0, 0.1) is 0 Å². The molecule has 3 heterocycles. The summed E-state index contributed by atoms with van der Waals surface area (Å²) in [6, 6.07) is 78.6. The predicted molar refractivity (Wildman–Crippen MR) is 266 cm³/mol. The van der Waals surface area contributed by atoms with Crippen LogP contribution in [0.25, 0.3) is 78.3 Å². The van der Waals surface area contributed by atoms with Gasteiger partial charge in [0.1, 0.15) is 0 Å². The SMILES string of the molecule is c1ccc(-c2cccc(-c3cc(-c4ccccn4)ccc3-c3ccccc3-c3cc(CCc4ccc(-c5ccccn5)cc4)cc(CCc4ccc(-c5ccccn5)cc4)c3)c2)cc1. The van der Waals surface area contributed by atoms with Crippen molar-refractivity contribution >= 4 is 0 Å². The van der Waals surface area contributed by atoms with Crippen molar-refractivity contribution in [3.05, 3.63) is 259 Å². The summed E-state index contributed by atoms with van der Waals surface area (Å²) in [5, 5.41) is 0. The molecule has 0 aliphatic heterocycles. The summed E-state index contributed by atoms with van der Waals surface area (Å²) in [6.07, 6.45) is 9.32. The molecule has 64 heavy (non-hydrogen) atoms. The van der Waals surface area contributed by atoms with Gasteiger partial charge in [-0.15, -0.1) is 0 Å². The van der Waals surface area contributed by atoms with Gasteiger partial charge in [-0.1, -0.05) is 170 Å². The highest BCUT2D eigenvalue weighted by molar-refractivity contribution is 5.94. The number of hydrogen-bond acceptors (Lipinski definition) is 3. The summed E-state index contributed by atoms with van der Waals surface area (Å²) in [6.45, 7) is 0. The molecule has 0 N–H and O–H groups in total. The largest absolute Gasteiger partial charge is 0.256 e. The Balaban J connectivity index is 1.02. The van der Waals surface area contributed by atoms with E-state index in [1.807, 2.05) is 48.9 Å². The second-order valence-corrected chi connectivity index (χ2v) is 16.3. The summed E-state index contributed by atoms with van der Waals surface area (Å²) in [5.74, 6) is 0. The molecule has 10 aromatic rings. The van der Waals surface area contributed by atoms with Crippen LogP contribution < -0.4 is 0 Å².